The SMILES string of the molecule is CC/C=C\C(=N/NC(=O)[C@@H]1[C@@H]2C[C@@H](CC2F)N1S(=O)(=O)c1ccc(F)cc1)C(F)(F)F. The molecule has 1 amide bonds. The zero-order chi connectivity index (χ0) is 23.0. The van der Waals surface area contributed by atoms with Gasteiger partial charge in [-0.2, -0.15) is 22.6 Å². The second-order valence-electron chi connectivity index (χ2n) is 7.32. The van der Waals surface area contributed by atoms with E-state index in [0.29, 0.717) is 12.5 Å². The van der Waals surface area contributed by atoms with Crippen molar-refractivity contribution in [1.82, 2.24) is 9.73 Å². The molecule has 1 unspecified atom stereocenters. The molecule has 0 radical (unpaired) electrons. The monoisotopic (exact) mass is 465 g/mol. The number of hydrogen-bond donors (Lipinski definition) is 1. The molecular formula is C19H20F5N3O3S. The Morgan fingerprint density at radius 1 is 1.26 bits per heavy atom. The maximum Gasteiger partial charge on any atom is 0.435 e. The number of carbonyl (C=O) groups excluding carboxylic acids is 1. The minimum Gasteiger partial charge on any atom is -0.271 e. The first-order valence-corrected chi connectivity index (χ1v) is 10.9. The highest BCUT2D eigenvalue weighted by molar-refractivity contribution is 7.89. The minimum atomic E-state index is -4.85. The molecule has 0 aromatic heterocycles. The van der Waals surface area contributed by atoms with Crippen molar-refractivity contribution in [3.8, 4) is 0 Å². The molecule has 1 aromatic carbocycles. The molecule has 1 aliphatic heterocycles. The molecule has 1 saturated heterocycles. The van der Waals surface area contributed by atoms with E-state index in [2.05, 4.69) is 5.10 Å². The number of allylic oxidation sites excluding steroid dienone is 2. The fourth-order valence-electron chi connectivity index (χ4n) is 3.93. The molecule has 12 heteroatoms. The van der Waals surface area contributed by atoms with Crippen LogP contribution in [0.4, 0.5) is 22.0 Å². The number of carbonyl (C=O) groups is 1. The quantitative estimate of drug-likeness (QED) is 0.398. The molecule has 2 fully saturated rings. The van der Waals surface area contributed by atoms with Crippen LogP contribution in [0.15, 0.2) is 46.4 Å². The number of alkyl halides is 4. The van der Waals surface area contributed by atoms with Gasteiger partial charge in [0.25, 0.3) is 5.91 Å². The van der Waals surface area contributed by atoms with Crippen LogP contribution in [0.2, 0.25) is 0 Å². The zero-order valence-electron chi connectivity index (χ0n) is 16.3. The summed E-state index contributed by atoms with van der Waals surface area (Å²) in [6, 6.07) is 1.46. The summed E-state index contributed by atoms with van der Waals surface area (Å²) >= 11 is 0. The predicted molar refractivity (Wildman–Crippen MR) is 102 cm³/mol. The average molecular weight is 465 g/mol. The Morgan fingerprint density at radius 3 is 2.48 bits per heavy atom. The number of hydrogen-bond acceptors (Lipinski definition) is 4. The van der Waals surface area contributed by atoms with E-state index in [0.717, 1.165) is 28.6 Å². The van der Waals surface area contributed by atoms with Crippen molar-refractivity contribution < 1.29 is 35.2 Å². The van der Waals surface area contributed by atoms with E-state index in [1.54, 1.807) is 12.3 Å². The van der Waals surface area contributed by atoms with Crippen molar-refractivity contribution in [2.75, 3.05) is 0 Å². The van der Waals surface area contributed by atoms with Gasteiger partial charge in [0.15, 0.2) is 5.71 Å². The minimum absolute atomic E-state index is 0.0469. The Bertz CT molecular complexity index is 992. The lowest BCUT2D eigenvalue weighted by molar-refractivity contribution is -0.127. The molecule has 1 N–H and O–H groups in total. The number of rotatable bonds is 6. The van der Waals surface area contributed by atoms with Gasteiger partial charge >= 0.3 is 6.18 Å². The summed E-state index contributed by atoms with van der Waals surface area (Å²) in [5.74, 6) is -2.85. The maximum atomic E-state index is 14.3. The normalized spacial score (nSPS) is 27.2. The molecule has 6 nitrogen and oxygen atoms in total. The lowest BCUT2D eigenvalue weighted by Gasteiger charge is -2.34. The molecule has 2 aliphatic rings. The fourth-order valence-corrected chi connectivity index (χ4v) is 5.77. The summed E-state index contributed by atoms with van der Waals surface area (Å²) < 4.78 is 93.7. The number of fused-ring (bicyclic) bond motifs is 2. The molecule has 1 saturated carbocycles. The zero-order valence-corrected chi connectivity index (χ0v) is 17.1. The summed E-state index contributed by atoms with van der Waals surface area (Å²) in [6.45, 7) is 1.61. The third kappa shape index (κ3) is 4.64. The summed E-state index contributed by atoms with van der Waals surface area (Å²) in [6.07, 6.45) is -4.24. The molecular weight excluding hydrogens is 445 g/mol. The number of amides is 1. The fraction of sp³-hybridized carbons (Fsp3) is 0.474. The van der Waals surface area contributed by atoms with Crippen LogP contribution in [0.1, 0.15) is 26.2 Å². The van der Waals surface area contributed by atoms with Crippen LogP contribution in [0.3, 0.4) is 0 Å². The van der Waals surface area contributed by atoms with Gasteiger partial charge in [-0.15, -0.1) is 0 Å². The van der Waals surface area contributed by atoms with E-state index < -0.39 is 57.8 Å². The molecule has 4 atom stereocenters. The Morgan fingerprint density at radius 2 is 1.90 bits per heavy atom. The molecule has 0 spiro atoms. The highest BCUT2D eigenvalue weighted by Gasteiger charge is 2.59. The van der Waals surface area contributed by atoms with Gasteiger partial charge in [0.2, 0.25) is 10.0 Å². The first-order valence-electron chi connectivity index (χ1n) is 9.51. The second-order valence-corrected chi connectivity index (χ2v) is 9.16. The van der Waals surface area contributed by atoms with Gasteiger partial charge in [-0.3, -0.25) is 4.79 Å². The van der Waals surface area contributed by atoms with Crippen LogP contribution < -0.4 is 5.43 Å². The number of benzene rings is 1. The van der Waals surface area contributed by atoms with Gasteiger partial charge in [-0.05, 0) is 49.6 Å². The van der Waals surface area contributed by atoms with Crippen LogP contribution in [-0.4, -0.2) is 48.8 Å². The Labute approximate surface area is 175 Å². The van der Waals surface area contributed by atoms with E-state index in [1.807, 2.05) is 0 Å². The highest BCUT2D eigenvalue weighted by atomic mass is 32.2. The summed E-state index contributed by atoms with van der Waals surface area (Å²) in [7, 11) is -4.33. The topological polar surface area (TPSA) is 78.8 Å². The number of nitrogens with zero attached hydrogens (tertiary/aromatic N) is 2. The first-order chi connectivity index (χ1) is 14.5. The Kier molecular flexibility index (Phi) is 6.51. The predicted octanol–water partition coefficient (Wildman–Crippen LogP) is 3.32. The van der Waals surface area contributed by atoms with Crippen molar-refractivity contribution in [3.63, 3.8) is 0 Å². The third-order valence-corrected chi connectivity index (χ3v) is 7.24. The smallest absolute Gasteiger partial charge is 0.271 e. The molecule has 31 heavy (non-hydrogen) atoms. The van der Waals surface area contributed by atoms with E-state index in [1.165, 1.54) is 6.08 Å². The number of nitrogens with one attached hydrogen (secondary N) is 1. The first kappa shape index (κ1) is 23.3. The van der Waals surface area contributed by atoms with Crippen LogP contribution in [0.5, 0.6) is 0 Å². The molecule has 3 rings (SSSR count). The summed E-state index contributed by atoms with van der Waals surface area (Å²) in [5, 5.41) is 3.10. The largest absolute Gasteiger partial charge is 0.435 e. The number of piperidine rings is 1. The number of hydrazone groups is 1. The van der Waals surface area contributed by atoms with Crippen LogP contribution in [-0.2, 0) is 14.8 Å². The Hall–Kier alpha value is -2.34. The highest BCUT2D eigenvalue weighted by Crippen LogP contribution is 2.46. The molecule has 1 heterocycles. The summed E-state index contributed by atoms with van der Waals surface area (Å²) in [5.41, 5.74) is 0.374. The van der Waals surface area contributed by atoms with E-state index in [9.17, 15) is 35.2 Å². The lowest BCUT2D eigenvalue weighted by Crippen LogP contribution is -2.54. The van der Waals surface area contributed by atoms with Crippen molar-refractivity contribution in [1.29, 1.82) is 0 Å². The second kappa shape index (κ2) is 8.65. The van der Waals surface area contributed by atoms with Crippen LogP contribution in [0.25, 0.3) is 0 Å². The average Bonchev–Trinajstić information content (AvgIpc) is 3.24. The van der Waals surface area contributed by atoms with Gasteiger partial charge in [-0.1, -0.05) is 13.0 Å². The van der Waals surface area contributed by atoms with Crippen molar-refractivity contribution in [3.05, 3.63) is 42.2 Å². The standard InChI is InChI=1S/C19H20F5N3O3S/c1-2-3-4-16(19(22,23)24)25-26-18(28)17-14-9-12(10-15(14)21)27(17)31(29,30)13-7-5-11(20)6-8-13/h3-8,12,14-15,17H,2,9-10H2,1H3,(H,26,28)/b4-3-,25-16+/t12-,14+,15?,17-/m0/s1. The number of sulfonamides is 1. The molecule has 2 bridgehead atoms. The van der Waals surface area contributed by atoms with Crippen molar-refractivity contribution >= 4 is 21.6 Å². The van der Waals surface area contributed by atoms with Crippen molar-refractivity contribution in [2.24, 2.45) is 11.0 Å². The van der Waals surface area contributed by atoms with Gasteiger partial charge in [-0.25, -0.2) is 22.6 Å². The summed E-state index contributed by atoms with van der Waals surface area (Å²) in [4.78, 5) is 12.4. The van der Waals surface area contributed by atoms with Gasteiger partial charge in [0.1, 0.15) is 18.0 Å². The van der Waals surface area contributed by atoms with Gasteiger partial charge in [0, 0.05) is 12.0 Å². The van der Waals surface area contributed by atoms with Gasteiger partial charge < -0.3 is 0 Å². The third-order valence-electron chi connectivity index (χ3n) is 5.29. The van der Waals surface area contributed by atoms with E-state index in [-0.39, 0.29) is 17.7 Å². The van der Waals surface area contributed by atoms with Crippen LogP contribution in [0, 0.1) is 11.7 Å². The van der Waals surface area contributed by atoms with Crippen molar-refractivity contribution in [2.45, 2.75) is 55.5 Å². The Balaban J connectivity index is 1.92. The van der Waals surface area contributed by atoms with Crippen LogP contribution >= 0.6 is 0 Å². The maximum absolute atomic E-state index is 14.3. The van der Waals surface area contributed by atoms with E-state index >= 15 is 0 Å². The molecule has 170 valence electrons. The lowest BCUT2D eigenvalue weighted by atomic mass is 9.98. The molecule has 1 aliphatic carbocycles. The molecule has 1 aromatic rings. The van der Waals surface area contributed by atoms with Gasteiger partial charge in [0.05, 0.1) is 4.90 Å². The number of halogens is 5. The van der Waals surface area contributed by atoms with E-state index in [4.69, 9.17) is 0 Å².